The third-order valence-electron chi connectivity index (χ3n) is 2.59. The molecule has 1 aliphatic rings. The van der Waals surface area contributed by atoms with E-state index in [0.717, 1.165) is 5.69 Å². The molecule has 0 aromatic carbocycles. The third kappa shape index (κ3) is 1.95. The van der Waals surface area contributed by atoms with E-state index in [9.17, 15) is 0 Å². The Morgan fingerprint density at radius 3 is 3.07 bits per heavy atom. The number of pyridine rings is 1. The molecule has 0 aliphatic heterocycles. The van der Waals surface area contributed by atoms with Crippen LogP contribution < -0.4 is 4.74 Å². The topological polar surface area (TPSA) is 22.1 Å². The molecule has 0 bridgehead atoms. The van der Waals surface area contributed by atoms with Gasteiger partial charge in [-0.2, -0.15) is 0 Å². The molecule has 0 radical (unpaired) electrons. The van der Waals surface area contributed by atoms with Crippen molar-refractivity contribution in [2.45, 2.75) is 25.2 Å². The second-order valence-corrected chi connectivity index (χ2v) is 3.57. The van der Waals surface area contributed by atoms with Gasteiger partial charge in [0.15, 0.2) is 0 Å². The van der Waals surface area contributed by atoms with E-state index in [2.05, 4.69) is 23.2 Å². The van der Waals surface area contributed by atoms with Crippen molar-refractivity contribution in [3.8, 4) is 5.88 Å². The second kappa shape index (κ2) is 4.27. The second-order valence-electron chi connectivity index (χ2n) is 3.57. The highest BCUT2D eigenvalue weighted by Crippen LogP contribution is 2.27. The normalized spacial score (nSPS) is 20.8. The summed E-state index contributed by atoms with van der Waals surface area (Å²) in [5.74, 6) is 1.19. The maximum Gasteiger partial charge on any atom is 0.213 e. The molecule has 1 aromatic heterocycles. The van der Waals surface area contributed by atoms with Crippen molar-refractivity contribution in [1.29, 1.82) is 0 Å². The summed E-state index contributed by atoms with van der Waals surface area (Å²) in [6.07, 6.45) is 8.18. The molecule has 0 saturated carbocycles. The average Bonchev–Trinajstić information content (AvgIpc) is 2.30. The van der Waals surface area contributed by atoms with Crippen LogP contribution in [0, 0.1) is 0 Å². The number of aromatic nitrogens is 1. The number of hydrogen-bond acceptors (Lipinski definition) is 2. The van der Waals surface area contributed by atoms with Crippen molar-refractivity contribution < 1.29 is 4.74 Å². The number of allylic oxidation sites excluding steroid dienone is 2. The van der Waals surface area contributed by atoms with E-state index in [0.29, 0.717) is 11.8 Å². The van der Waals surface area contributed by atoms with Crippen molar-refractivity contribution in [2.24, 2.45) is 0 Å². The van der Waals surface area contributed by atoms with Crippen molar-refractivity contribution in [1.82, 2.24) is 4.98 Å². The van der Waals surface area contributed by atoms with Gasteiger partial charge in [-0.15, -0.1) is 0 Å². The van der Waals surface area contributed by atoms with Gasteiger partial charge in [-0.05, 0) is 25.3 Å². The molecule has 0 saturated heterocycles. The number of methoxy groups -OCH3 is 1. The fourth-order valence-electron chi connectivity index (χ4n) is 1.81. The summed E-state index contributed by atoms with van der Waals surface area (Å²) in [4.78, 5) is 4.44. The van der Waals surface area contributed by atoms with Gasteiger partial charge in [0, 0.05) is 12.0 Å². The molecule has 0 N–H and O–H groups in total. The lowest BCUT2D eigenvalue weighted by molar-refractivity contribution is 0.395. The Labute approximate surface area is 84.6 Å². The number of hydrogen-bond donors (Lipinski definition) is 0. The minimum absolute atomic E-state index is 0.485. The van der Waals surface area contributed by atoms with Crippen LogP contribution in [0.25, 0.3) is 0 Å². The van der Waals surface area contributed by atoms with E-state index >= 15 is 0 Å². The number of nitrogens with zero attached hydrogens (tertiary/aromatic N) is 1. The molecule has 1 unspecified atom stereocenters. The molecule has 2 nitrogen and oxygen atoms in total. The van der Waals surface area contributed by atoms with Crippen molar-refractivity contribution in [3.63, 3.8) is 0 Å². The molecule has 74 valence electrons. The fourth-order valence-corrected chi connectivity index (χ4v) is 1.81. The summed E-state index contributed by atoms with van der Waals surface area (Å²) in [5.41, 5.74) is 1.13. The highest BCUT2D eigenvalue weighted by molar-refractivity contribution is 5.22. The SMILES string of the molecule is COc1cccc(C2C=CCCC2)n1. The quantitative estimate of drug-likeness (QED) is 0.667. The largest absolute Gasteiger partial charge is 0.481 e. The van der Waals surface area contributed by atoms with Gasteiger partial charge in [-0.3, -0.25) is 0 Å². The Balaban J connectivity index is 2.22. The maximum atomic E-state index is 5.11. The van der Waals surface area contributed by atoms with Crippen LogP contribution in [-0.4, -0.2) is 12.1 Å². The van der Waals surface area contributed by atoms with Crippen LogP contribution >= 0.6 is 0 Å². The Hall–Kier alpha value is -1.31. The van der Waals surface area contributed by atoms with Crippen LogP contribution in [0.2, 0.25) is 0 Å². The molecule has 2 rings (SSSR count). The van der Waals surface area contributed by atoms with Crippen LogP contribution in [-0.2, 0) is 0 Å². The highest BCUT2D eigenvalue weighted by Gasteiger charge is 2.12. The van der Waals surface area contributed by atoms with Gasteiger partial charge in [0.2, 0.25) is 5.88 Å². The first-order chi connectivity index (χ1) is 6.90. The first-order valence-electron chi connectivity index (χ1n) is 5.08. The van der Waals surface area contributed by atoms with Crippen LogP contribution in [0.1, 0.15) is 30.9 Å². The van der Waals surface area contributed by atoms with Crippen molar-refractivity contribution >= 4 is 0 Å². The lowest BCUT2D eigenvalue weighted by Crippen LogP contribution is -2.02. The lowest BCUT2D eigenvalue weighted by atomic mass is 9.93. The number of ether oxygens (including phenoxy) is 1. The Morgan fingerprint density at radius 1 is 1.43 bits per heavy atom. The van der Waals surface area contributed by atoms with Crippen molar-refractivity contribution in [3.05, 3.63) is 36.0 Å². The summed E-state index contributed by atoms with van der Waals surface area (Å²) in [6, 6.07) is 5.96. The lowest BCUT2D eigenvalue weighted by Gasteiger charge is -2.15. The fraction of sp³-hybridized carbons (Fsp3) is 0.417. The summed E-state index contributed by atoms with van der Waals surface area (Å²) in [6.45, 7) is 0. The Morgan fingerprint density at radius 2 is 2.36 bits per heavy atom. The minimum atomic E-state index is 0.485. The van der Waals surface area contributed by atoms with Crippen LogP contribution in [0.15, 0.2) is 30.4 Å². The molecule has 1 atom stereocenters. The van der Waals surface area contributed by atoms with E-state index in [4.69, 9.17) is 4.74 Å². The van der Waals surface area contributed by atoms with Gasteiger partial charge < -0.3 is 4.74 Å². The molecular weight excluding hydrogens is 174 g/mol. The van der Waals surface area contributed by atoms with Gasteiger partial charge in [-0.1, -0.05) is 18.2 Å². The zero-order valence-electron chi connectivity index (χ0n) is 8.44. The predicted molar refractivity (Wildman–Crippen MR) is 56.5 cm³/mol. The molecule has 0 spiro atoms. The Kier molecular flexibility index (Phi) is 2.82. The molecule has 2 heteroatoms. The molecule has 0 amide bonds. The minimum Gasteiger partial charge on any atom is -0.481 e. The van der Waals surface area contributed by atoms with Gasteiger partial charge >= 0.3 is 0 Å². The monoisotopic (exact) mass is 189 g/mol. The first kappa shape index (κ1) is 9.25. The molecule has 14 heavy (non-hydrogen) atoms. The van der Waals surface area contributed by atoms with Gasteiger partial charge in [0.25, 0.3) is 0 Å². The standard InChI is InChI=1S/C12H15NO/c1-14-12-9-5-8-11(13-12)10-6-3-2-4-7-10/h3,5-6,8-10H,2,4,7H2,1H3. The van der Waals surface area contributed by atoms with E-state index in [1.165, 1.54) is 19.3 Å². The first-order valence-corrected chi connectivity index (χ1v) is 5.08. The summed E-state index contributed by atoms with van der Waals surface area (Å²) >= 11 is 0. The predicted octanol–water partition coefficient (Wildman–Crippen LogP) is 2.91. The molecule has 1 heterocycles. The van der Waals surface area contributed by atoms with Crippen LogP contribution in [0.3, 0.4) is 0 Å². The van der Waals surface area contributed by atoms with E-state index < -0.39 is 0 Å². The van der Waals surface area contributed by atoms with Crippen molar-refractivity contribution in [2.75, 3.05) is 7.11 Å². The molecular formula is C12H15NO. The Bertz CT molecular complexity index is 333. The summed E-state index contributed by atoms with van der Waals surface area (Å²) < 4.78 is 5.11. The highest BCUT2D eigenvalue weighted by atomic mass is 16.5. The van der Waals surface area contributed by atoms with E-state index in [1.807, 2.05) is 12.1 Å². The van der Waals surface area contributed by atoms with E-state index in [-0.39, 0.29) is 0 Å². The van der Waals surface area contributed by atoms with Crippen LogP contribution in [0.5, 0.6) is 5.88 Å². The zero-order valence-corrected chi connectivity index (χ0v) is 8.44. The smallest absolute Gasteiger partial charge is 0.213 e. The van der Waals surface area contributed by atoms with Gasteiger partial charge in [0.1, 0.15) is 0 Å². The van der Waals surface area contributed by atoms with Crippen LogP contribution in [0.4, 0.5) is 0 Å². The van der Waals surface area contributed by atoms with E-state index in [1.54, 1.807) is 7.11 Å². The summed E-state index contributed by atoms with van der Waals surface area (Å²) in [5, 5.41) is 0. The average molecular weight is 189 g/mol. The van der Waals surface area contributed by atoms with Gasteiger partial charge in [0.05, 0.1) is 12.8 Å². The number of rotatable bonds is 2. The third-order valence-corrected chi connectivity index (χ3v) is 2.59. The molecule has 0 fully saturated rings. The molecule has 1 aromatic rings. The summed E-state index contributed by atoms with van der Waals surface area (Å²) in [7, 11) is 1.66. The molecule has 1 aliphatic carbocycles. The zero-order chi connectivity index (χ0) is 9.80. The van der Waals surface area contributed by atoms with Gasteiger partial charge in [-0.25, -0.2) is 4.98 Å². The maximum absolute atomic E-state index is 5.11.